The summed E-state index contributed by atoms with van der Waals surface area (Å²) in [5.74, 6) is -0.0236. The number of nitrogens with two attached hydrogens (primary N) is 1. The normalized spacial score (nSPS) is 20.1. The van der Waals surface area contributed by atoms with Crippen LogP contribution in [0.5, 0.6) is 0 Å². The molecule has 138 valence electrons. The molecule has 8 heteroatoms. The molecule has 26 heavy (non-hydrogen) atoms. The van der Waals surface area contributed by atoms with Crippen LogP contribution in [0, 0.1) is 6.92 Å². The molecular weight excluding hydrogens is 356 g/mol. The van der Waals surface area contributed by atoms with Gasteiger partial charge in [-0.3, -0.25) is 0 Å². The Morgan fingerprint density at radius 3 is 2.81 bits per heavy atom. The van der Waals surface area contributed by atoms with Gasteiger partial charge in [0, 0.05) is 19.2 Å². The summed E-state index contributed by atoms with van der Waals surface area (Å²) in [6.07, 6.45) is -0.184. The van der Waals surface area contributed by atoms with Crippen LogP contribution in [0.4, 0.5) is 11.5 Å². The average Bonchev–Trinajstić information content (AvgIpc) is 2.62. The number of aryl methyl sites for hydroxylation is 1. The average molecular weight is 377 g/mol. The molecular formula is C18H21ClN4O3. The molecule has 0 aliphatic carbocycles. The predicted octanol–water partition coefficient (Wildman–Crippen LogP) is 2.77. The van der Waals surface area contributed by atoms with Crippen LogP contribution in [-0.4, -0.2) is 42.5 Å². The van der Waals surface area contributed by atoms with E-state index in [2.05, 4.69) is 15.1 Å². The van der Waals surface area contributed by atoms with E-state index in [1.165, 1.54) is 7.11 Å². The van der Waals surface area contributed by atoms with Gasteiger partial charge in [0.05, 0.1) is 24.5 Å². The van der Waals surface area contributed by atoms with Crippen molar-refractivity contribution in [3.63, 3.8) is 0 Å². The van der Waals surface area contributed by atoms with E-state index in [1.807, 2.05) is 26.0 Å². The van der Waals surface area contributed by atoms with Crippen molar-refractivity contribution in [1.82, 2.24) is 10.2 Å². The zero-order valence-electron chi connectivity index (χ0n) is 14.9. The van der Waals surface area contributed by atoms with Gasteiger partial charge in [-0.05, 0) is 37.1 Å². The van der Waals surface area contributed by atoms with Crippen LogP contribution in [0.1, 0.15) is 34.5 Å². The molecule has 0 unspecified atom stereocenters. The number of benzene rings is 1. The number of ether oxygens (including phenoxy) is 2. The maximum atomic E-state index is 11.7. The summed E-state index contributed by atoms with van der Waals surface area (Å²) in [6, 6.07) is 7.18. The van der Waals surface area contributed by atoms with Gasteiger partial charge in [0.1, 0.15) is 6.10 Å². The second-order valence-corrected chi connectivity index (χ2v) is 6.73. The molecule has 0 amide bonds. The Hall–Kier alpha value is -2.38. The molecule has 2 aromatic rings. The number of esters is 1. The summed E-state index contributed by atoms with van der Waals surface area (Å²) < 4.78 is 10.9. The third kappa shape index (κ3) is 3.73. The number of halogens is 1. The number of carbonyl (C=O) groups is 1. The highest BCUT2D eigenvalue weighted by molar-refractivity contribution is 6.29. The fourth-order valence-electron chi connectivity index (χ4n) is 3.22. The van der Waals surface area contributed by atoms with Crippen LogP contribution in [0.15, 0.2) is 24.3 Å². The van der Waals surface area contributed by atoms with Gasteiger partial charge in [-0.2, -0.15) is 0 Å². The molecule has 1 fully saturated rings. The number of hydrogen-bond acceptors (Lipinski definition) is 7. The van der Waals surface area contributed by atoms with Crippen LogP contribution in [0.2, 0.25) is 5.15 Å². The lowest BCUT2D eigenvalue weighted by Gasteiger charge is -2.39. The van der Waals surface area contributed by atoms with Crippen LogP contribution in [0.3, 0.4) is 0 Å². The predicted molar refractivity (Wildman–Crippen MR) is 99.5 cm³/mol. The van der Waals surface area contributed by atoms with E-state index >= 15 is 0 Å². The van der Waals surface area contributed by atoms with Gasteiger partial charge in [-0.15, -0.1) is 10.2 Å². The van der Waals surface area contributed by atoms with Crippen molar-refractivity contribution in [2.75, 3.05) is 30.8 Å². The first-order valence-electron chi connectivity index (χ1n) is 8.27. The maximum absolute atomic E-state index is 11.7. The third-order valence-corrected chi connectivity index (χ3v) is 4.59. The van der Waals surface area contributed by atoms with Crippen LogP contribution in [-0.2, 0) is 9.47 Å². The minimum absolute atomic E-state index is 0.0141. The fourth-order valence-corrected chi connectivity index (χ4v) is 3.36. The first-order chi connectivity index (χ1) is 12.4. The Labute approximate surface area is 157 Å². The summed E-state index contributed by atoms with van der Waals surface area (Å²) in [5.41, 5.74) is 9.22. The summed E-state index contributed by atoms with van der Waals surface area (Å²) in [5, 5.41) is 7.96. The molecule has 2 heterocycles. The van der Waals surface area contributed by atoms with Crippen molar-refractivity contribution in [3.8, 4) is 0 Å². The lowest BCUT2D eigenvalue weighted by atomic mass is 9.98. The second-order valence-electron chi connectivity index (χ2n) is 6.34. The minimum atomic E-state index is -0.357. The van der Waals surface area contributed by atoms with E-state index in [4.69, 9.17) is 26.8 Å². The number of anilines is 2. The third-order valence-electron chi connectivity index (χ3n) is 4.41. The van der Waals surface area contributed by atoms with Gasteiger partial charge in [-0.25, -0.2) is 4.79 Å². The number of nitrogen functional groups attached to an aromatic ring is 1. The van der Waals surface area contributed by atoms with E-state index in [9.17, 15) is 4.79 Å². The van der Waals surface area contributed by atoms with Crippen molar-refractivity contribution in [1.29, 1.82) is 0 Å². The van der Waals surface area contributed by atoms with E-state index in [0.29, 0.717) is 29.6 Å². The number of methoxy groups -OCH3 is 1. The molecule has 0 radical (unpaired) electrons. The van der Waals surface area contributed by atoms with E-state index in [-0.39, 0.29) is 18.2 Å². The Kier molecular flexibility index (Phi) is 5.29. The zero-order chi connectivity index (χ0) is 18.8. The molecule has 3 rings (SSSR count). The molecule has 1 aliphatic heterocycles. The largest absolute Gasteiger partial charge is 0.465 e. The first kappa shape index (κ1) is 18.4. The smallest absolute Gasteiger partial charge is 0.337 e. The molecule has 0 bridgehead atoms. The SMILES string of the molecule is COC(=O)c1ccc([C@@H]2CN(c3cc(Cl)nnc3N)C[C@@H](C)O2)c(C)c1. The lowest BCUT2D eigenvalue weighted by molar-refractivity contribution is -0.0176. The molecule has 1 aromatic heterocycles. The topological polar surface area (TPSA) is 90.6 Å². The highest BCUT2D eigenvalue weighted by atomic mass is 35.5. The maximum Gasteiger partial charge on any atom is 0.337 e. The summed E-state index contributed by atoms with van der Waals surface area (Å²) >= 11 is 5.98. The lowest BCUT2D eigenvalue weighted by Crippen LogP contribution is -2.43. The van der Waals surface area contributed by atoms with Crippen molar-refractivity contribution < 1.29 is 14.3 Å². The van der Waals surface area contributed by atoms with Crippen molar-refractivity contribution in [2.45, 2.75) is 26.1 Å². The zero-order valence-corrected chi connectivity index (χ0v) is 15.7. The number of rotatable bonds is 3. The minimum Gasteiger partial charge on any atom is -0.465 e. The number of nitrogens with zero attached hydrogens (tertiary/aromatic N) is 3. The standard InChI is InChI=1S/C18H21ClN4O3/c1-10-6-12(18(24)25-3)4-5-13(10)15-9-23(8-11(2)26-15)14-7-16(19)21-22-17(14)20/h4-7,11,15H,8-9H2,1-3H3,(H2,20,22)/t11-,15+/m1/s1. The van der Waals surface area contributed by atoms with Gasteiger partial charge in [0.2, 0.25) is 0 Å². The Morgan fingerprint density at radius 2 is 2.12 bits per heavy atom. The molecule has 1 aliphatic rings. The van der Waals surface area contributed by atoms with Crippen LogP contribution in [0.25, 0.3) is 0 Å². The van der Waals surface area contributed by atoms with E-state index in [1.54, 1.807) is 12.1 Å². The summed E-state index contributed by atoms with van der Waals surface area (Å²) in [7, 11) is 1.37. The van der Waals surface area contributed by atoms with Crippen LogP contribution >= 0.6 is 11.6 Å². The fraction of sp³-hybridized carbons (Fsp3) is 0.389. The molecule has 0 saturated carbocycles. The summed E-state index contributed by atoms with van der Waals surface area (Å²) in [4.78, 5) is 13.8. The van der Waals surface area contributed by atoms with Crippen molar-refractivity contribution >= 4 is 29.1 Å². The van der Waals surface area contributed by atoms with E-state index in [0.717, 1.165) is 16.8 Å². The number of aromatic nitrogens is 2. The Morgan fingerprint density at radius 1 is 1.35 bits per heavy atom. The van der Waals surface area contributed by atoms with Gasteiger partial charge in [0.15, 0.2) is 11.0 Å². The number of hydrogen-bond donors (Lipinski definition) is 1. The van der Waals surface area contributed by atoms with Crippen molar-refractivity contribution in [3.05, 3.63) is 46.1 Å². The number of morpholine rings is 1. The van der Waals surface area contributed by atoms with Crippen LogP contribution < -0.4 is 10.6 Å². The highest BCUT2D eigenvalue weighted by Gasteiger charge is 2.29. The van der Waals surface area contributed by atoms with Gasteiger partial charge in [0.25, 0.3) is 0 Å². The van der Waals surface area contributed by atoms with E-state index < -0.39 is 0 Å². The molecule has 2 N–H and O–H groups in total. The van der Waals surface area contributed by atoms with Gasteiger partial charge in [-0.1, -0.05) is 17.7 Å². The molecule has 2 atom stereocenters. The quantitative estimate of drug-likeness (QED) is 0.823. The Balaban J connectivity index is 1.89. The second kappa shape index (κ2) is 7.47. The molecule has 1 aromatic carbocycles. The molecule has 1 saturated heterocycles. The monoisotopic (exact) mass is 376 g/mol. The number of carbonyl (C=O) groups excluding carboxylic acids is 1. The highest BCUT2D eigenvalue weighted by Crippen LogP contribution is 2.33. The molecule has 7 nitrogen and oxygen atoms in total. The van der Waals surface area contributed by atoms with Gasteiger partial charge >= 0.3 is 5.97 Å². The van der Waals surface area contributed by atoms with Crippen molar-refractivity contribution in [2.24, 2.45) is 0 Å². The molecule has 0 spiro atoms. The first-order valence-corrected chi connectivity index (χ1v) is 8.64. The van der Waals surface area contributed by atoms with Gasteiger partial charge < -0.3 is 20.1 Å². The Bertz CT molecular complexity index is 830. The summed E-state index contributed by atoms with van der Waals surface area (Å²) in [6.45, 7) is 5.22.